The van der Waals surface area contributed by atoms with Crippen LogP contribution in [0.5, 0.6) is 0 Å². The summed E-state index contributed by atoms with van der Waals surface area (Å²) >= 11 is 0. The van der Waals surface area contributed by atoms with Gasteiger partial charge in [0.15, 0.2) is 7.28 Å². The zero-order valence-electron chi connectivity index (χ0n) is 40.7. The lowest BCUT2D eigenvalue weighted by Gasteiger charge is -2.43. The maximum Gasteiger partial charge on any atom is 0.193 e. The lowest BCUT2D eigenvalue weighted by Crippen LogP contribution is -2.38. The van der Waals surface area contributed by atoms with Crippen molar-refractivity contribution in [1.29, 1.82) is 0 Å². The molecule has 0 spiro atoms. The fraction of sp³-hybridized carbons (Fsp3) is 0.250. The molecule has 3 aliphatic rings. The van der Waals surface area contributed by atoms with Gasteiger partial charge in [-0.2, -0.15) is 0 Å². The van der Waals surface area contributed by atoms with Gasteiger partial charge in [-0.1, -0.05) is 183 Å². The van der Waals surface area contributed by atoms with Crippen LogP contribution in [0.2, 0.25) is 0 Å². The molecule has 10 aromatic rings. The Morgan fingerprint density at radius 3 is 2.10 bits per heavy atom. The van der Waals surface area contributed by atoms with Gasteiger partial charge in [0.25, 0.3) is 0 Å². The van der Waals surface area contributed by atoms with E-state index in [4.69, 9.17) is 4.42 Å². The molecular weight excluding hydrogens is 824 g/mol. The Hall–Kier alpha value is -6.78. The maximum atomic E-state index is 7.07. The number of allylic oxidation sites excluding steroid dienone is 1. The molecule has 8 aromatic carbocycles. The van der Waals surface area contributed by atoms with Crippen LogP contribution in [-0.2, 0) is 16.2 Å². The number of aromatic amines is 1. The average Bonchev–Trinajstić information content (AvgIpc) is 3.99. The molecule has 1 N–H and O–H groups in total. The summed E-state index contributed by atoms with van der Waals surface area (Å²) in [5, 5.41) is 7.20. The molecule has 4 heteroatoms. The van der Waals surface area contributed by atoms with E-state index in [2.05, 4.69) is 218 Å². The molecule has 1 aliphatic heterocycles. The fourth-order valence-electron chi connectivity index (χ4n) is 12.8. The van der Waals surface area contributed by atoms with Crippen LogP contribution in [0.3, 0.4) is 0 Å². The number of para-hydroxylation sites is 2. The van der Waals surface area contributed by atoms with Crippen LogP contribution in [0, 0.1) is 0 Å². The smallest absolute Gasteiger partial charge is 0.193 e. The molecule has 0 saturated carbocycles. The summed E-state index contributed by atoms with van der Waals surface area (Å²) in [6.07, 6.45) is 4.63. The summed E-state index contributed by atoms with van der Waals surface area (Å²) in [6, 6.07) is 54.9. The number of aromatic nitrogens is 1. The van der Waals surface area contributed by atoms with Gasteiger partial charge >= 0.3 is 0 Å². The summed E-state index contributed by atoms with van der Waals surface area (Å²) in [7, 11) is 2.59. The van der Waals surface area contributed by atoms with Gasteiger partial charge < -0.3 is 14.3 Å². The number of H-pyrrole nitrogens is 1. The van der Waals surface area contributed by atoms with E-state index in [9.17, 15) is 0 Å². The van der Waals surface area contributed by atoms with E-state index in [0.717, 1.165) is 52.3 Å². The highest BCUT2D eigenvalue weighted by Gasteiger charge is 2.48. The summed E-state index contributed by atoms with van der Waals surface area (Å²) in [6.45, 7) is 19.5. The first kappa shape index (κ1) is 41.4. The van der Waals surface area contributed by atoms with Crippen molar-refractivity contribution in [2.45, 2.75) is 103 Å². The topological polar surface area (TPSA) is 32.2 Å². The number of hydrogen-bond donors (Lipinski definition) is 1. The number of anilines is 2. The van der Waals surface area contributed by atoms with Crippen LogP contribution in [0.1, 0.15) is 115 Å². The third-order valence-corrected chi connectivity index (χ3v) is 16.7. The van der Waals surface area contributed by atoms with Crippen molar-refractivity contribution in [3.05, 3.63) is 179 Å². The summed E-state index contributed by atoms with van der Waals surface area (Å²) in [5.74, 6) is 0.432. The van der Waals surface area contributed by atoms with Crippen molar-refractivity contribution in [2.24, 2.45) is 0 Å². The largest absolute Gasteiger partial charge is 0.456 e. The van der Waals surface area contributed by atoms with E-state index in [1.807, 2.05) is 0 Å². The maximum absolute atomic E-state index is 7.07. The number of fused-ring (bicyclic) bond motifs is 13. The normalized spacial score (nSPS) is 17.1. The molecule has 0 amide bonds. The molecule has 333 valence electrons. The predicted octanol–water partition coefficient (Wildman–Crippen LogP) is 17.1. The number of benzene rings is 8. The molecule has 1 atom stereocenters. The lowest BCUT2D eigenvalue weighted by molar-refractivity contribution is 0.331. The molecule has 0 unspecified atom stereocenters. The third kappa shape index (κ3) is 5.85. The Kier molecular flexibility index (Phi) is 8.90. The summed E-state index contributed by atoms with van der Waals surface area (Å²) in [5.41, 5.74) is 22.0. The van der Waals surface area contributed by atoms with Gasteiger partial charge in [0.05, 0.1) is 27.8 Å². The number of furan rings is 1. The SMILES string of the molecule is CCC[C@H](C)c1ccc(N2C3=C([B]c4c(-c5cccc6c5[nH]c5c7ccccc7ccc65)cc5oc6ccccc6c5c42)C(C)(C)c2cc4c(cc23)C(C)(C)CCC4(C)C)c(-c2ccccc2)c1. The van der Waals surface area contributed by atoms with E-state index in [1.54, 1.807) is 0 Å². The molecule has 3 heterocycles. The molecule has 3 nitrogen and oxygen atoms in total. The molecule has 0 saturated heterocycles. The van der Waals surface area contributed by atoms with Gasteiger partial charge in [-0.25, -0.2) is 0 Å². The van der Waals surface area contributed by atoms with Crippen LogP contribution in [0.15, 0.2) is 155 Å². The summed E-state index contributed by atoms with van der Waals surface area (Å²) < 4.78 is 7.07. The highest BCUT2D eigenvalue weighted by Crippen LogP contribution is 2.59. The summed E-state index contributed by atoms with van der Waals surface area (Å²) in [4.78, 5) is 6.73. The van der Waals surface area contributed by atoms with E-state index < -0.39 is 0 Å². The van der Waals surface area contributed by atoms with Gasteiger partial charge in [-0.3, -0.25) is 0 Å². The second-order valence-corrected chi connectivity index (χ2v) is 22.1. The molecule has 1 radical (unpaired) electrons. The minimum atomic E-state index is -0.299. The number of hydrogen-bond acceptors (Lipinski definition) is 2. The van der Waals surface area contributed by atoms with Gasteiger partial charge in [0, 0.05) is 49.3 Å². The lowest BCUT2D eigenvalue weighted by atomic mass is 9.51. The second-order valence-electron chi connectivity index (χ2n) is 22.1. The molecule has 13 rings (SSSR count). The Bertz CT molecular complexity index is 3780. The molecular formula is C64H58BN2O. The molecule has 2 aliphatic carbocycles. The zero-order valence-corrected chi connectivity index (χ0v) is 40.7. The fourth-order valence-corrected chi connectivity index (χ4v) is 12.8. The van der Waals surface area contributed by atoms with Crippen LogP contribution >= 0.6 is 0 Å². The standard InChI is InChI=1S/C64H58BN2O/c1-9-18-37(2)40-28-30-52(46(33-40)38-19-11-10-12-20-38)67-59-48-34-50-51(63(5,6)32-31-62(50,3)4)36-49(48)64(7,8)61(59)65-56-47(35-54-55(60(56)67)45-23-15-16-26-53(45)68-54)43-25-17-24-42-44-29-27-39-21-13-14-22-41(39)57(44)66-58(42)43/h10-17,19-30,33-37,66H,9,18,31-32H2,1-8H3/t37-/m0/s1. The van der Waals surface area contributed by atoms with Crippen LogP contribution in [-0.4, -0.2) is 12.3 Å². The Morgan fingerprint density at radius 2 is 1.31 bits per heavy atom. The Morgan fingerprint density at radius 1 is 0.603 bits per heavy atom. The van der Waals surface area contributed by atoms with Crippen molar-refractivity contribution in [3.8, 4) is 22.3 Å². The predicted molar refractivity (Wildman–Crippen MR) is 290 cm³/mol. The van der Waals surface area contributed by atoms with Crippen molar-refractivity contribution in [2.75, 3.05) is 4.90 Å². The van der Waals surface area contributed by atoms with E-state index in [0.29, 0.717) is 5.92 Å². The van der Waals surface area contributed by atoms with Gasteiger partial charge in [0.2, 0.25) is 0 Å². The van der Waals surface area contributed by atoms with Crippen LogP contribution in [0.25, 0.3) is 82.5 Å². The van der Waals surface area contributed by atoms with Crippen LogP contribution < -0.4 is 10.4 Å². The minimum absolute atomic E-state index is 0.0471. The third-order valence-electron chi connectivity index (χ3n) is 16.7. The minimum Gasteiger partial charge on any atom is -0.456 e. The zero-order chi connectivity index (χ0) is 46.4. The molecule has 0 fully saturated rings. The Labute approximate surface area is 401 Å². The molecule has 0 bridgehead atoms. The van der Waals surface area contributed by atoms with Crippen molar-refractivity contribution < 1.29 is 4.42 Å². The first-order valence-electron chi connectivity index (χ1n) is 25.0. The number of nitrogens with one attached hydrogen (secondary N) is 1. The quantitative estimate of drug-likeness (QED) is 0.169. The van der Waals surface area contributed by atoms with Crippen molar-refractivity contribution in [3.63, 3.8) is 0 Å². The van der Waals surface area contributed by atoms with Crippen molar-refractivity contribution >= 4 is 84.3 Å². The first-order valence-corrected chi connectivity index (χ1v) is 25.0. The van der Waals surface area contributed by atoms with Crippen LogP contribution in [0.4, 0.5) is 11.4 Å². The van der Waals surface area contributed by atoms with E-state index >= 15 is 0 Å². The number of nitrogens with zero attached hydrogens (tertiary/aromatic N) is 1. The highest BCUT2D eigenvalue weighted by molar-refractivity contribution is 6.69. The molecule has 68 heavy (non-hydrogen) atoms. The van der Waals surface area contributed by atoms with Gasteiger partial charge in [-0.15, -0.1) is 0 Å². The highest BCUT2D eigenvalue weighted by atomic mass is 16.3. The average molecular weight is 882 g/mol. The first-order chi connectivity index (χ1) is 32.8. The van der Waals surface area contributed by atoms with E-state index in [1.165, 1.54) is 106 Å². The monoisotopic (exact) mass is 881 g/mol. The number of rotatable bonds is 6. The van der Waals surface area contributed by atoms with Gasteiger partial charge in [-0.05, 0) is 111 Å². The van der Waals surface area contributed by atoms with E-state index in [-0.39, 0.29) is 16.2 Å². The van der Waals surface area contributed by atoms with Crippen molar-refractivity contribution in [1.82, 2.24) is 4.98 Å². The molecule has 2 aromatic heterocycles. The Balaban J connectivity index is 1.18. The second kappa shape index (κ2) is 14.6. The van der Waals surface area contributed by atoms with Gasteiger partial charge in [0.1, 0.15) is 11.2 Å².